The number of anilines is 1. The summed E-state index contributed by atoms with van der Waals surface area (Å²) in [5, 5.41) is 1.70. The SMILES string of the molecule is CCC(=O)NNc1nc(SC)nc2sc3c(c12)CC(C)(CC)OC3. The van der Waals surface area contributed by atoms with Crippen LogP contribution in [0.25, 0.3) is 10.2 Å². The highest BCUT2D eigenvalue weighted by molar-refractivity contribution is 7.98. The molecular formula is C16H22N4O2S2. The fraction of sp³-hybridized carbons (Fsp3) is 0.562. The summed E-state index contributed by atoms with van der Waals surface area (Å²) in [5.74, 6) is 0.599. The van der Waals surface area contributed by atoms with Crippen LogP contribution >= 0.6 is 23.1 Å². The van der Waals surface area contributed by atoms with E-state index >= 15 is 0 Å². The van der Waals surface area contributed by atoms with Crippen LogP contribution in [0, 0.1) is 0 Å². The highest BCUT2D eigenvalue weighted by atomic mass is 32.2. The van der Waals surface area contributed by atoms with Gasteiger partial charge in [-0.1, -0.05) is 25.6 Å². The summed E-state index contributed by atoms with van der Waals surface area (Å²) >= 11 is 3.14. The van der Waals surface area contributed by atoms with Gasteiger partial charge in [0.25, 0.3) is 0 Å². The molecule has 1 unspecified atom stereocenters. The first kappa shape index (κ1) is 17.4. The molecule has 1 amide bonds. The van der Waals surface area contributed by atoms with Crippen LogP contribution in [-0.4, -0.2) is 27.7 Å². The summed E-state index contributed by atoms with van der Waals surface area (Å²) in [4.78, 5) is 23.0. The molecule has 0 aromatic carbocycles. The van der Waals surface area contributed by atoms with Crippen molar-refractivity contribution < 1.29 is 9.53 Å². The van der Waals surface area contributed by atoms with E-state index in [9.17, 15) is 4.79 Å². The molecular weight excluding hydrogens is 344 g/mol. The Balaban J connectivity index is 2.08. The number of nitrogens with one attached hydrogen (secondary N) is 2. The fourth-order valence-electron chi connectivity index (χ4n) is 2.68. The van der Waals surface area contributed by atoms with Crippen molar-refractivity contribution in [2.75, 3.05) is 11.7 Å². The number of hydrogen-bond acceptors (Lipinski definition) is 7. The molecule has 0 aliphatic carbocycles. The van der Waals surface area contributed by atoms with E-state index in [0.717, 1.165) is 23.1 Å². The lowest BCUT2D eigenvalue weighted by molar-refractivity contribution is -0.120. The molecule has 8 heteroatoms. The van der Waals surface area contributed by atoms with Crippen molar-refractivity contribution in [1.82, 2.24) is 15.4 Å². The minimum absolute atomic E-state index is 0.0710. The van der Waals surface area contributed by atoms with Gasteiger partial charge >= 0.3 is 0 Å². The van der Waals surface area contributed by atoms with Crippen LogP contribution in [0.5, 0.6) is 0 Å². The maximum Gasteiger partial charge on any atom is 0.238 e. The van der Waals surface area contributed by atoms with Gasteiger partial charge in [0.1, 0.15) is 4.83 Å². The van der Waals surface area contributed by atoms with Gasteiger partial charge in [-0.15, -0.1) is 11.3 Å². The zero-order valence-electron chi connectivity index (χ0n) is 14.4. The molecule has 0 fully saturated rings. The van der Waals surface area contributed by atoms with Crippen LogP contribution in [0.3, 0.4) is 0 Å². The van der Waals surface area contributed by atoms with Crippen molar-refractivity contribution in [2.24, 2.45) is 0 Å². The fourth-order valence-corrected chi connectivity index (χ4v) is 4.20. The minimum atomic E-state index is -0.164. The van der Waals surface area contributed by atoms with Gasteiger partial charge in [-0.3, -0.25) is 15.6 Å². The largest absolute Gasteiger partial charge is 0.369 e. The number of hydrazine groups is 1. The number of carbonyl (C=O) groups is 1. The number of thioether (sulfide) groups is 1. The number of amides is 1. The van der Waals surface area contributed by atoms with Crippen LogP contribution < -0.4 is 10.9 Å². The molecule has 24 heavy (non-hydrogen) atoms. The summed E-state index contributed by atoms with van der Waals surface area (Å²) < 4.78 is 6.05. The Morgan fingerprint density at radius 1 is 1.42 bits per heavy atom. The zero-order chi connectivity index (χ0) is 17.3. The molecule has 0 saturated heterocycles. The van der Waals surface area contributed by atoms with E-state index in [1.807, 2.05) is 13.2 Å². The lowest BCUT2D eigenvalue weighted by Crippen LogP contribution is -2.34. The highest BCUT2D eigenvalue weighted by Gasteiger charge is 2.33. The Bertz CT molecular complexity index is 777. The van der Waals surface area contributed by atoms with Crippen molar-refractivity contribution >= 4 is 45.0 Å². The maximum absolute atomic E-state index is 11.6. The first-order valence-electron chi connectivity index (χ1n) is 8.04. The molecule has 3 heterocycles. The number of ether oxygens (including phenoxy) is 1. The Hall–Kier alpha value is -1.38. The zero-order valence-corrected chi connectivity index (χ0v) is 16.0. The van der Waals surface area contributed by atoms with Gasteiger partial charge in [0.05, 0.1) is 17.6 Å². The lowest BCUT2D eigenvalue weighted by atomic mass is 9.90. The van der Waals surface area contributed by atoms with Gasteiger partial charge in [-0.2, -0.15) is 0 Å². The van der Waals surface area contributed by atoms with Crippen molar-refractivity contribution in [3.63, 3.8) is 0 Å². The molecule has 2 aromatic heterocycles. The molecule has 0 saturated carbocycles. The summed E-state index contributed by atoms with van der Waals surface area (Å²) in [7, 11) is 0. The summed E-state index contributed by atoms with van der Waals surface area (Å²) in [5.41, 5.74) is 6.78. The number of thiophene rings is 1. The summed E-state index contributed by atoms with van der Waals surface area (Å²) in [6.07, 6.45) is 4.14. The minimum Gasteiger partial charge on any atom is -0.369 e. The molecule has 2 N–H and O–H groups in total. The highest BCUT2D eigenvalue weighted by Crippen LogP contribution is 2.42. The van der Waals surface area contributed by atoms with Crippen LogP contribution in [0.15, 0.2) is 5.16 Å². The van der Waals surface area contributed by atoms with E-state index in [-0.39, 0.29) is 11.5 Å². The number of rotatable bonds is 5. The van der Waals surface area contributed by atoms with Crippen LogP contribution in [0.4, 0.5) is 5.82 Å². The third-order valence-electron chi connectivity index (χ3n) is 4.39. The Kier molecular flexibility index (Phi) is 4.98. The molecule has 3 rings (SSSR count). The van der Waals surface area contributed by atoms with E-state index in [1.165, 1.54) is 22.2 Å². The van der Waals surface area contributed by atoms with E-state index in [4.69, 9.17) is 4.74 Å². The molecule has 1 aliphatic rings. The maximum atomic E-state index is 11.6. The standard InChI is InChI=1S/C16H22N4O2S2/c1-5-11(21)19-20-13-12-9-7-16(3,6-2)22-8-10(9)24-14(12)18-15(17-13)23-4/h5-8H2,1-4H3,(H,19,21)(H,17,18,20). The molecule has 0 spiro atoms. The smallest absolute Gasteiger partial charge is 0.238 e. The van der Waals surface area contributed by atoms with Crippen LogP contribution in [-0.2, 0) is 22.6 Å². The molecule has 6 nitrogen and oxygen atoms in total. The number of carbonyl (C=O) groups excluding carboxylic acids is 1. The Morgan fingerprint density at radius 3 is 2.88 bits per heavy atom. The first-order chi connectivity index (χ1) is 11.5. The first-order valence-corrected chi connectivity index (χ1v) is 10.1. The molecule has 0 bridgehead atoms. The van der Waals surface area contributed by atoms with Gasteiger partial charge in [-0.25, -0.2) is 9.97 Å². The Labute approximate surface area is 149 Å². The lowest BCUT2D eigenvalue weighted by Gasteiger charge is -2.33. The predicted octanol–water partition coefficient (Wildman–Crippen LogP) is 3.51. The summed E-state index contributed by atoms with van der Waals surface area (Å²) in [6, 6.07) is 0. The van der Waals surface area contributed by atoms with Gasteiger partial charge in [0, 0.05) is 17.7 Å². The number of aromatic nitrogens is 2. The van der Waals surface area contributed by atoms with Gasteiger partial charge in [-0.05, 0) is 25.2 Å². The second-order valence-electron chi connectivity index (χ2n) is 6.04. The molecule has 130 valence electrons. The quantitative estimate of drug-likeness (QED) is 0.479. The van der Waals surface area contributed by atoms with E-state index in [2.05, 4.69) is 34.7 Å². The van der Waals surface area contributed by atoms with Gasteiger partial charge in [0.15, 0.2) is 11.0 Å². The van der Waals surface area contributed by atoms with Gasteiger partial charge in [0.2, 0.25) is 5.91 Å². The van der Waals surface area contributed by atoms with Crippen LogP contribution in [0.2, 0.25) is 0 Å². The normalized spacial score (nSPS) is 20.0. The van der Waals surface area contributed by atoms with Crippen molar-refractivity contribution in [3.8, 4) is 0 Å². The molecule has 1 atom stereocenters. The second kappa shape index (κ2) is 6.85. The van der Waals surface area contributed by atoms with Crippen LogP contribution in [0.1, 0.15) is 44.1 Å². The summed E-state index contributed by atoms with van der Waals surface area (Å²) in [6.45, 7) is 6.71. The monoisotopic (exact) mass is 366 g/mol. The topological polar surface area (TPSA) is 76.1 Å². The molecule has 0 radical (unpaired) electrons. The number of hydrogen-bond donors (Lipinski definition) is 2. The van der Waals surface area contributed by atoms with Crippen molar-refractivity contribution in [1.29, 1.82) is 0 Å². The van der Waals surface area contributed by atoms with E-state index in [1.54, 1.807) is 11.3 Å². The third-order valence-corrected chi connectivity index (χ3v) is 6.04. The average Bonchev–Trinajstić information content (AvgIpc) is 2.96. The third kappa shape index (κ3) is 3.22. The number of fused-ring (bicyclic) bond motifs is 3. The van der Waals surface area contributed by atoms with E-state index < -0.39 is 0 Å². The van der Waals surface area contributed by atoms with Gasteiger partial charge < -0.3 is 4.74 Å². The van der Waals surface area contributed by atoms with Crippen molar-refractivity contribution in [3.05, 3.63) is 10.4 Å². The second-order valence-corrected chi connectivity index (χ2v) is 7.90. The molecule has 1 aliphatic heterocycles. The van der Waals surface area contributed by atoms with Crippen molar-refractivity contribution in [2.45, 2.75) is 57.4 Å². The number of nitrogens with zero attached hydrogens (tertiary/aromatic N) is 2. The Morgan fingerprint density at radius 2 is 2.21 bits per heavy atom. The predicted molar refractivity (Wildman–Crippen MR) is 98.4 cm³/mol. The van der Waals surface area contributed by atoms with E-state index in [0.29, 0.717) is 24.0 Å². The average molecular weight is 367 g/mol. The molecule has 2 aromatic rings.